The number of hydrogen-bond donors (Lipinski definition) is 0. The van der Waals surface area contributed by atoms with Gasteiger partial charge in [0.1, 0.15) is 0 Å². The molecule has 0 aromatic carbocycles. The molecule has 1 rings (SSSR count). The van der Waals surface area contributed by atoms with Gasteiger partial charge in [-0.15, -0.1) is 0 Å². The largest absolute Gasteiger partial charge is 0.306 e. The van der Waals surface area contributed by atoms with E-state index < -0.39 is 0 Å². The van der Waals surface area contributed by atoms with Crippen molar-refractivity contribution in [3.63, 3.8) is 0 Å². The highest BCUT2D eigenvalue weighted by molar-refractivity contribution is 4.72. The molecule has 0 aromatic rings. The summed E-state index contributed by atoms with van der Waals surface area (Å²) in [5.74, 6) is 1.02. The Hall–Kier alpha value is -0.0400. The standard InChI is InChI=1S/C11H23N/c1-3-4-5-6-7-11-8-9-12(2)10-11/h11H,3-10H2,1-2H3. The van der Waals surface area contributed by atoms with E-state index in [-0.39, 0.29) is 0 Å². The molecule has 0 saturated carbocycles. The quantitative estimate of drug-likeness (QED) is 0.572. The first-order valence-corrected chi connectivity index (χ1v) is 5.51. The first kappa shape index (κ1) is 10.0. The highest BCUT2D eigenvalue weighted by Crippen LogP contribution is 2.20. The maximum absolute atomic E-state index is 2.46. The molecule has 1 fully saturated rings. The van der Waals surface area contributed by atoms with Crippen molar-refractivity contribution < 1.29 is 0 Å². The maximum Gasteiger partial charge on any atom is 0.000708 e. The van der Waals surface area contributed by atoms with Gasteiger partial charge in [0.2, 0.25) is 0 Å². The molecule has 1 heteroatoms. The summed E-state index contributed by atoms with van der Waals surface area (Å²) in [4.78, 5) is 2.46. The predicted octanol–water partition coefficient (Wildman–Crippen LogP) is 2.91. The molecule has 0 amide bonds. The fourth-order valence-corrected chi connectivity index (χ4v) is 2.12. The molecule has 1 nitrogen and oxygen atoms in total. The monoisotopic (exact) mass is 169 g/mol. The molecule has 0 spiro atoms. The lowest BCUT2D eigenvalue weighted by Crippen LogP contribution is -2.13. The van der Waals surface area contributed by atoms with Crippen molar-refractivity contribution in [3.8, 4) is 0 Å². The third kappa shape index (κ3) is 3.57. The van der Waals surface area contributed by atoms with E-state index in [1.807, 2.05) is 0 Å². The first-order valence-electron chi connectivity index (χ1n) is 5.51. The van der Waals surface area contributed by atoms with Crippen LogP contribution in [0, 0.1) is 5.92 Å². The van der Waals surface area contributed by atoms with E-state index in [4.69, 9.17) is 0 Å². The third-order valence-electron chi connectivity index (χ3n) is 2.95. The molecule has 0 N–H and O–H groups in total. The zero-order valence-corrected chi connectivity index (χ0v) is 8.68. The topological polar surface area (TPSA) is 3.24 Å². The van der Waals surface area contributed by atoms with Crippen LogP contribution in [0.2, 0.25) is 0 Å². The Morgan fingerprint density at radius 1 is 1.25 bits per heavy atom. The molecular weight excluding hydrogens is 146 g/mol. The fourth-order valence-electron chi connectivity index (χ4n) is 2.12. The summed E-state index contributed by atoms with van der Waals surface area (Å²) in [5.41, 5.74) is 0. The van der Waals surface area contributed by atoms with Crippen molar-refractivity contribution in [3.05, 3.63) is 0 Å². The third-order valence-corrected chi connectivity index (χ3v) is 2.95. The Labute approximate surface area is 77.1 Å². The molecule has 0 radical (unpaired) electrons. The first-order chi connectivity index (χ1) is 5.83. The van der Waals surface area contributed by atoms with Gasteiger partial charge >= 0.3 is 0 Å². The lowest BCUT2D eigenvalue weighted by atomic mass is 10.0. The molecule has 1 heterocycles. The summed E-state index contributed by atoms with van der Waals surface area (Å²) >= 11 is 0. The molecule has 1 atom stereocenters. The maximum atomic E-state index is 2.46. The Kier molecular flexibility index (Phi) is 4.67. The van der Waals surface area contributed by atoms with Crippen LogP contribution in [-0.4, -0.2) is 25.0 Å². The van der Waals surface area contributed by atoms with Crippen LogP contribution in [0.15, 0.2) is 0 Å². The van der Waals surface area contributed by atoms with E-state index in [1.165, 1.54) is 51.6 Å². The van der Waals surface area contributed by atoms with E-state index in [0.717, 1.165) is 5.92 Å². The molecule has 12 heavy (non-hydrogen) atoms. The fraction of sp³-hybridized carbons (Fsp3) is 1.00. The van der Waals surface area contributed by atoms with Crippen molar-refractivity contribution in [2.45, 2.75) is 45.4 Å². The van der Waals surface area contributed by atoms with Crippen molar-refractivity contribution >= 4 is 0 Å². The number of likely N-dealkylation sites (tertiary alicyclic amines) is 1. The normalized spacial score (nSPS) is 25.0. The molecule has 1 aliphatic rings. The van der Waals surface area contributed by atoms with Gasteiger partial charge in [0.05, 0.1) is 0 Å². The van der Waals surface area contributed by atoms with E-state index in [0.29, 0.717) is 0 Å². The van der Waals surface area contributed by atoms with Gasteiger partial charge in [-0.2, -0.15) is 0 Å². The minimum atomic E-state index is 1.02. The molecule has 1 aliphatic heterocycles. The van der Waals surface area contributed by atoms with E-state index in [9.17, 15) is 0 Å². The Balaban J connectivity index is 1.93. The van der Waals surface area contributed by atoms with Crippen LogP contribution in [-0.2, 0) is 0 Å². The van der Waals surface area contributed by atoms with E-state index >= 15 is 0 Å². The lowest BCUT2D eigenvalue weighted by Gasteiger charge is -2.09. The zero-order chi connectivity index (χ0) is 8.81. The van der Waals surface area contributed by atoms with Gasteiger partial charge in [-0.05, 0) is 32.4 Å². The van der Waals surface area contributed by atoms with Gasteiger partial charge < -0.3 is 4.90 Å². The van der Waals surface area contributed by atoms with E-state index in [2.05, 4.69) is 18.9 Å². The van der Waals surface area contributed by atoms with Gasteiger partial charge in [-0.3, -0.25) is 0 Å². The molecule has 72 valence electrons. The summed E-state index contributed by atoms with van der Waals surface area (Å²) in [5, 5.41) is 0. The summed E-state index contributed by atoms with van der Waals surface area (Å²) in [7, 11) is 2.24. The Morgan fingerprint density at radius 2 is 2.08 bits per heavy atom. The van der Waals surface area contributed by atoms with Gasteiger partial charge in [0.25, 0.3) is 0 Å². The number of nitrogens with zero attached hydrogens (tertiary/aromatic N) is 1. The predicted molar refractivity (Wildman–Crippen MR) is 54.4 cm³/mol. The smallest absolute Gasteiger partial charge is 0.000708 e. The highest BCUT2D eigenvalue weighted by atomic mass is 15.1. The summed E-state index contributed by atoms with van der Waals surface area (Å²) in [6.45, 7) is 4.97. The zero-order valence-electron chi connectivity index (χ0n) is 8.68. The molecule has 0 aliphatic carbocycles. The summed E-state index contributed by atoms with van der Waals surface area (Å²) < 4.78 is 0. The average molecular weight is 169 g/mol. The van der Waals surface area contributed by atoms with Crippen LogP contribution in [0.4, 0.5) is 0 Å². The second kappa shape index (κ2) is 5.58. The van der Waals surface area contributed by atoms with Crippen molar-refractivity contribution in [1.29, 1.82) is 0 Å². The summed E-state index contributed by atoms with van der Waals surface area (Å²) in [6.07, 6.45) is 8.64. The van der Waals surface area contributed by atoms with Gasteiger partial charge in [0, 0.05) is 6.54 Å². The SMILES string of the molecule is CCCCCCC1CCN(C)C1. The minimum Gasteiger partial charge on any atom is -0.306 e. The van der Waals surface area contributed by atoms with Crippen LogP contribution in [0.25, 0.3) is 0 Å². The summed E-state index contributed by atoms with van der Waals surface area (Å²) in [6, 6.07) is 0. The number of hydrogen-bond acceptors (Lipinski definition) is 1. The second-order valence-electron chi connectivity index (χ2n) is 4.27. The lowest BCUT2D eigenvalue weighted by molar-refractivity contribution is 0.382. The van der Waals surface area contributed by atoms with Crippen LogP contribution in [0.5, 0.6) is 0 Å². The molecular formula is C11H23N. The molecule has 0 bridgehead atoms. The molecule has 1 saturated heterocycles. The van der Waals surface area contributed by atoms with Crippen molar-refractivity contribution in [2.75, 3.05) is 20.1 Å². The van der Waals surface area contributed by atoms with Gasteiger partial charge in [0.15, 0.2) is 0 Å². The minimum absolute atomic E-state index is 1.02. The number of rotatable bonds is 5. The van der Waals surface area contributed by atoms with Crippen LogP contribution < -0.4 is 0 Å². The van der Waals surface area contributed by atoms with Gasteiger partial charge in [-0.25, -0.2) is 0 Å². The van der Waals surface area contributed by atoms with Crippen molar-refractivity contribution in [1.82, 2.24) is 4.90 Å². The Morgan fingerprint density at radius 3 is 2.67 bits per heavy atom. The average Bonchev–Trinajstić information content (AvgIpc) is 2.45. The van der Waals surface area contributed by atoms with Gasteiger partial charge in [-0.1, -0.05) is 32.6 Å². The van der Waals surface area contributed by atoms with Crippen LogP contribution in [0.3, 0.4) is 0 Å². The van der Waals surface area contributed by atoms with Crippen molar-refractivity contribution in [2.24, 2.45) is 5.92 Å². The molecule has 1 unspecified atom stereocenters. The van der Waals surface area contributed by atoms with Crippen LogP contribution >= 0.6 is 0 Å². The molecule has 0 aromatic heterocycles. The van der Waals surface area contributed by atoms with Crippen LogP contribution in [0.1, 0.15) is 45.4 Å². The number of unbranched alkanes of at least 4 members (excludes halogenated alkanes) is 3. The highest BCUT2D eigenvalue weighted by Gasteiger charge is 2.18. The Bertz CT molecular complexity index is 112. The van der Waals surface area contributed by atoms with E-state index in [1.54, 1.807) is 0 Å². The second-order valence-corrected chi connectivity index (χ2v) is 4.27.